The van der Waals surface area contributed by atoms with Gasteiger partial charge in [0.05, 0.1) is 5.69 Å². The first-order chi connectivity index (χ1) is 13.8. The molecule has 0 saturated heterocycles. The number of aryl methyl sites for hydroxylation is 1. The zero-order chi connectivity index (χ0) is 18.9. The van der Waals surface area contributed by atoms with E-state index in [2.05, 4.69) is 120 Å². The Hall–Kier alpha value is -3.65. The van der Waals surface area contributed by atoms with Crippen LogP contribution in [-0.4, -0.2) is 4.98 Å². The fourth-order valence-corrected chi connectivity index (χ4v) is 3.87. The number of H-pyrrole nitrogens is 1. The predicted octanol–water partition coefficient (Wildman–Crippen LogP) is 5.98. The van der Waals surface area contributed by atoms with Crippen LogP contribution in [0, 0.1) is 0 Å². The van der Waals surface area contributed by atoms with Gasteiger partial charge in [0.15, 0.2) is 0 Å². The van der Waals surface area contributed by atoms with Crippen molar-refractivity contribution in [3.05, 3.63) is 102 Å². The van der Waals surface area contributed by atoms with Gasteiger partial charge in [0.1, 0.15) is 7.05 Å². The fraction of sp³-hybridized carbons (Fsp3) is 0.0385. The third-order valence-corrected chi connectivity index (χ3v) is 5.35. The van der Waals surface area contributed by atoms with Crippen LogP contribution in [0.1, 0.15) is 11.3 Å². The SMILES string of the molecule is C[n+]1c(/C=C/c2c(-c3ccccc3)[nH]c3ccccc23)ccc2ccccc21. The Morgan fingerprint density at radius 2 is 1.46 bits per heavy atom. The summed E-state index contributed by atoms with van der Waals surface area (Å²) in [4.78, 5) is 3.60. The summed E-state index contributed by atoms with van der Waals surface area (Å²) in [5, 5.41) is 2.49. The average molecular weight is 361 g/mol. The second kappa shape index (κ2) is 6.82. The van der Waals surface area contributed by atoms with E-state index in [4.69, 9.17) is 0 Å². The van der Waals surface area contributed by atoms with Crippen LogP contribution in [0.25, 0.3) is 45.2 Å². The van der Waals surface area contributed by atoms with E-state index in [1.54, 1.807) is 0 Å². The minimum absolute atomic E-state index is 1.15. The standard InChI is InChI=1S/C26H20N2/c1-28-21(16-15-19-9-5-8-14-25(19)28)17-18-23-22-12-6-7-13-24(22)27-26(23)20-10-3-2-4-11-20/h2-18H,1H3/p+1. The van der Waals surface area contributed by atoms with Crippen molar-refractivity contribution in [3.63, 3.8) is 0 Å². The highest BCUT2D eigenvalue weighted by molar-refractivity contribution is 5.98. The molecule has 0 aliphatic rings. The Morgan fingerprint density at radius 3 is 2.36 bits per heavy atom. The zero-order valence-corrected chi connectivity index (χ0v) is 15.8. The van der Waals surface area contributed by atoms with Gasteiger partial charge in [-0.15, -0.1) is 0 Å². The van der Waals surface area contributed by atoms with Crippen LogP contribution in [-0.2, 0) is 7.05 Å². The molecule has 5 aromatic rings. The van der Waals surface area contributed by atoms with Crippen molar-refractivity contribution in [2.45, 2.75) is 0 Å². The zero-order valence-electron chi connectivity index (χ0n) is 15.8. The number of rotatable bonds is 3. The molecule has 2 aromatic heterocycles. The summed E-state index contributed by atoms with van der Waals surface area (Å²) in [6.07, 6.45) is 4.43. The Morgan fingerprint density at radius 1 is 0.714 bits per heavy atom. The molecule has 0 amide bonds. The summed E-state index contributed by atoms with van der Waals surface area (Å²) < 4.78 is 2.24. The molecular formula is C26H21N2+. The van der Waals surface area contributed by atoms with E-state index in [9.17, 15) is 0 Å². The number of aromatic nitrogens is 2. The lowest BCUT2D eigenvalue weighted by Crippen LogP contribution is -2.32. The van der Waals surface area contributed by atoms with Crippen molar-refractivity contribution >= 4 is 34.0 Å². The van der Waals surface area contributed by atoms with E-state index in [1.165, 1.54) is 33.1 Å². The quantitative estimate of drug-likeness (QED) is 0.381. The van der Waals surface area contributed by atoms with Gasteiger partial charge < -0.3 is 4.98 Å². The first kappa shape index (κ1) is 16.5. The van der Waals surface area contributed by atoms with Crippen LogP contribution in [0.2, 0.25) is 0 Å². The second-order valence-electron chi connectivity index (χ2n) is 7.03. The number of benzene rings is 3. The molecule has 0 unspecified atom stereocenters. The topological polar surface area (TPSA) is 19.7 Å². The first-order valence-electron chi connectivity index (χ1n) is 9.53. The minimum atomic E-state index is 1.15. The van der Waals surface area contributed by atoms with Gasteiger partial charge in [-0.1, -0.05) is 60.7 Å². The first-order valence-corrected chi connectivity index (χ1v) is 9.53. The molecule has 2 nitrogen and oxygen atoms in total. The van der Waals surface area contributed by atoms with Gasteiger partial charge in [-0.2, -0.15) is 4.57 Å². The van der Waals surface area contributed by atoms with Crippen LogP contribution >= 0.6 is 0 Å². The number of aromatic amines is 1. The lowest BCUT2D eigenvalue weighted by Gasteiger charge is -2.02. The van der Waals surface area contributed by atoms with Gasteiger partial charge in [0, 0.05) is 40.1 Å². The van der Waals surface area contributed by atoms with Crippen LogP contribution in [0.5, 0.6) is 0 Å². The number of hydrogen-bond donors (Lipinski definition) is 1. The molecule has 1 N–H and O–H groups in total. The van der Waals surface area contributed by atoms with E-state index in [0.29, 0.717) is 0 Å². The van der Waals surface area contributed by atoms with Gasteiger partial charge in [-0.25, -0.2) is 0 Å². The maximum atomic E-state index is 3.60. The van der Waals surface area contributed by atoms with Gasteiger partial charge >= 0.3 is 0 Å². The normalized spacial score (nSPS) is 11.6. The summed E-state index contributed by atoms with van der Waals surface area (Å²) >= 11 is 0. The highest BCUT2D eigenvalue weighted by atomic mass is 14.9. The maximum Gasteiger partial charge on any atom is 0.212 e. The summed E-state index contributed by atoms with van der Waals surface area (Å²) in [7, 11) is 2.12. The lowest BCUT2D eigenvalue weighted by molar-refractivity contribution is -0.646. The molecule has 3 aromatic carbocycles. The van der Waals surface area contributed by atoms with Gasteiger partial charge in [0.2, 0.25) is 11.2 Å². The molecule has 2 heteroatoms. The number of para-hydroxylation sites is 2. The van der Waals surface area contributed by atoms with E-state index in [1.807, 2.05) is 0 Å². The Kier molecular flexibility index (Phi) is 4.02. The molecule has 0 saturated carbocycles. The molecule has 134 valence electrons. The van der Waals surface area contributed by atoms with Crippen LogP contribution in [0.3, 0.4) is 0 Å². The molecule has 0 spiro atoms. The maximum absolute atomic E-state index is 3.60. The molecule has 5 rings (SSSR count). The highest BCUT2D eigenvalue weighted by Gasteiger charge is 2.12. The van der Waals surface area contributed by atoms with Crippen molar-refractivity contribution < 1.29 is 4.57 Å². The summed E-state index contributed by atoms with van der Waals surface area (Å²) in [6.45, 7) is 0. The highest BCUT2D eigenvalue weighted by Crippen LogP contribution is 2.31. The Labute approximate surface area is 164 Å². The molecule has 0 radical (unpaired) electrons. The molecule has 2 heterocycles. The molecular weight excluding hydrogens is 340 g/mol. The predicted molar refractivity (Wildman–Crippen MR) is 118 cm³/mol. The monoisotopic (exact) mass is 361 g/mol. The number of fused-ring (bicyclic) bond motifs is 2. The van der Waals surface area contributed by atoms with E-state index in [-0.39, 0.29) is 0 Å². The van der Waals surface area contributed by atoms with Crippen molar-refractivity contribution in [2.75, 3.05) is 0 Å². The van der Waals surface area contributed by atoms with Crippen molar-refractivity contribution in [3.8, 4) is 11.3 Å². The Bertz CT molecular complexity index is 1310. The molecule has 0 aliphatic carbocycles. The number of pyridine rings is 1. The largest absolute Gasteiger partial charge is 0.354 e. The Balaban J connectivity index is 1.67. The summed E-state index contributed by atoms with van der Waals surface area (Å²) in [5.41, 5.74) is 7.12. The van der Waals surface area contributed by atoms with Gasteiger partial charge in [0.25, 0.3) is 0 Å². The third-order valence-electron chi connectivity index (χ3n) is 5.35. The van der Waals surface area contributed by atoms with Crippen LogP contribution in [0.4, 0.5) is 0 Å². The summed E-state index contributed by atoms with van der Waals surface area (Å²) in [5.74, 6) is 0. The third kappa shape index (κ3) is 2.80. The van der Waals surface area contributed by atoms with Gasteiger partial charge in [-0.3, -0.25) is 0 Å². The smallest absolute Gasteiger partial charge is 0.212 e. The van der Waals surface area contributed by atoms with Crippen molar-refractivity contribution in [1.29, 1.82) is 0 Å². The van der Waals surface area contributed by atoms with E-state index >= 15 is 0 Å². The van der Waals surface area contributed by atoms with Crippen molar-refractivity contribution in [1.82, 2.24) is 4.98 Å². The molecule has 0 bridgehead atoms. The molecule has 0 aliphatic heterocycles. The number of hydrogen-bond acceptors (Lipinski definition) is 0. The number of nitrogens with zero attached hydrogens (tertiary/aromatic N) is 1. The fourth-order valence-electron chi connectivity index (χ4n) is 3.87. The van der Waals surface area contributed by atoms with Crippen LogP contribution < -0.4 is 4.57 Å². The molecule has 0 atom stereocenters. The van der Waals surface area contributed by atoms with E-state index in [0.717, 1.165) is 11.2 Å². The minimum Gasteiger partial charge on any atom is -0.354 e. The molecule has 28 heavy (non-hydrogen) atoms. The van der Waals surface area contributed by atoms with Gasteiger partial charge in [-0.05, 0) is 29.8 Å². The molecule has 0 fully saturated rings. The lowest BCUT2D eigenvalue weighted by atomic mass is 10.0. The van der Waals surface area contributed by atoms with Crippen LogP contribution in [0.15, 0.2) is 91.0 Å². The van der Waals surface area contributed by atoms with E-state index < -0.39 is 0 Å². The second-order valence-corrected chi connectivity index (χ2v) is 7.03. The summed E-state index contributed by atoms with van der Waals surface area (Å²) in [6, 6.07) is 31.8. The number of nitrogens with one attached hydrogen (secondary N) is 1. The van der Waals surface area contributed by atoms with Crippen molar-refractivity contribution in [2.24, 2.45) is 7.05 Å². The average Bonchev–Trinajstić information content (AvgIpc) is 3.13.